The van der Waals surface area contributed by atoms with Gasteiger partial charge in [-0.05, 0) is 12.1 Å². The zero-order chi connectivity index (χ0) is 9.42. The van der Waals surface area contributed by atoms with E-state index in [1.54, 1.807) is 12.1 Å². The highest BCUT2D eigenvalue weighted by Crippen LogP contribution is 2.25. The molecule has 5 heteroatoms. The minimum atomic E-state index is -1.18. The summed E-state index contributed by atoms with van der Waals surface area (Å²) in [6.45, 7) is 0. The van der Waals surface area contributed by atoms with Crippen LogP contribution in [0.4, 0.5) is 5.69 Å². The fraction of sp³-hybridized carbons (Fsp3) is 0. The van der Waals surface area contributed by atoms with Gasteiger partial charge in [-0.2, -0.15) is 0 Å². The van der Waals surface area contributed by atoms with Gasteiger partial charge in [0.15, 0.2) is 0 Å². The van der Waals surface area contributed by atoms with Crippen LogP contribution in [-0.4, -0.2) is 16.1 Å². The van der Waals surface area contributed by atoms with Crippen LogP contribution in [0.15, 0.2) is 22.7 Å². The molecular formula is C8H6N2O3. The zero-order valence-corrected chi connectivity index (χ0v) is 6.52. The summed E-state index contributed by atoms with van der Waals surface area (Å²) in [7, 11) is 0. The Morgan fingerprint density at radius 3 is 3.00 bits per heavy atom. The average Bonchev–Trinajstić information content (AvgIpc) is 2.45. The van der Waals surface area contributed by atoms with E-state index < -0.39 is 5.97 Å². The molecule has 0 unspecified atom stereocenters. The van der Waals surface area contributed by atoms with E-state index in [0.717, 1.165) is 0 Å². The van der Waals surface area contributed by atoms with E-state index in [1.807, 2.05) is 0 Å². The number of hydrogen-bond acceptors (Lipinski definition) is 4. The van der Waals surface area contributed by atoms with Crippen molar-refractivity contribution in [3.05, 3.63) is 24.1 Å². The number of carboxylic acid groups (broad SMARTS) is 1. The third kappa shape index (κ3) is 1.01. The average molecular weight is 178 g/mol. The summed E-state index contributed by atoms with van der Waals surface area (Å²) in [5, 5.41) is 9.19. The molecule has 2 aromatic rings. The van der Waals surface area contributed by atoms with Crippen molar-refractivity contribution in [3.63, 3.8) is 0 Å². The number of pyridine rings is 1. The summed E-state index contributed by atoms with van der Waals surface area (Å²) < 4.78 is 4.92. The van der Waals surface area contributed by atoms with Crippen LogP contribution < -0.4 is 5.73 Å². The largest absolute Gasteiger partial charge is 0.475 e. The van der Waals surface area contributed by atoms with Crippen LogP contribution >= 0.6 is 0 Å². The highest BCUT2D eigenvalue weighted by atomic mass is 16.4. The maximum Gasteiger partial charge on any atom is 0.374 e. The van der Waals surface area contributed by atoms with Crippen molar-refractivity contribution in [2.45, 2.75) is 0 Å². The number of nitrogen functional groups attached to an aromatic ring is 1. The van der Waals surface area contributed by atoms with E-state index >= 15 is 0 Å². The Morgan fingerprint density at radius 1 is 1.62 bits per heavy atom. The normalized spacial score (nSPS) is 10.5. The molecule has 13 heavy (non-hydrogen) atoms. The van der Waals surface area contributed by atoms with Crippen LogP contribution in [0.2, 0.25) is 0 Å². The molecule has 0 saturated carbocycles. The number of hydrogen-bond donors (Lipinski definition) is 2. The van der Waals surface area contributed by atoms with Crippen LogP contribution in [-0.2, 0) is 0 Å². The number of anilines is 1. The van der Waals surface area contributed by atoms with Gasteiger partial charge in [-0.15, -0.1) is 0 Å². The first-order valence-corrected chi connectivity index (χ1v) is 3.56. The number of fused-ring (bicyclic) bond motifs is 1. The second kappa shape index (κ2) is 2.48. The van der Waals surface area contributed by atoms with Crippen molar-refractivity contribution in [2.75, 3.05) is 5.73 Å². The molecule has 0 aliphatic carbocycles. The van der Waals surface area contributed by atoms with Crippen LogP contribution in [0.5, 0.6) is 0 Å². The number of furan rings is 1. The summed E-state index contributed by atoms with van der Waals surface area (Å²) in [5.41, 5.74) is 5.89. The van der Waals surface area contributed by atoms with Gasteiger partial charge in [0.2, 0.25) is 11.5 Å². The number of rotatable bonds is 1. The van der Waals surface area contributed by atoms with E-state index in [1.165, 1.54) is 6.20 Å². The van der Waals surface area contributed by atoms with Crippen molar-refractivity contribution in [3.8, 4) is 0 Å². The van der Waals surface area contributed by atoms with Crippen LogP contribution in [0.25, 0.3) is 11.1 Å². The molecule has 0 saturated heterocycles. The number of nitrogens with two attached hydrogens (primary N) is 1. The number of aromatic nitrogens is 1. The Balaban J connectivity index is 2.81. The highest BCUT2D eigenvalue weighted by Gasteiger charge is 2.17. The molecule has 2 heterocycles. The summed E-state index contributed by atoms with van der Waals surface area (Å²) in [6, 6.07) is 3.33. The predicted octanol–water partition coefficient (Wildman–Crippen LogP) is 1.11. The molecular weight excluding hydrogens is 172 g/mol. The molecule has 3 N–H and O–H groups in total. The zero-order valence-electron chi connectivity index (χ0n) is 6.52. The molecule has 0 aliphatic heterocycles. The van der Waals surface area contributed by atoms with Gasteiger partial charge in [-0.25, -0.2) is 9.78 Å². The van der Waals surface area contributed by atoms with E-state index in [2.05, 4.69) is 4.98 Å². The fourth-order valence-corrected chi connectivity index (χ4v) is 1.11. The first kappa shape index (κ1) is 7.60. The lowest BCUT2D eigenvalue weighted by molar-refractivity contribution is 0.0666. The van der Waals surface area contributed by atoms with Gasteiger partial charge >= 0.3 is 5.97 Å². The van der Waals surface area contributed by atoms with Crippen molar-refractivity contribution in [2.24, 2.45) is 0 Å². The summed E-state index contributed by atoms with van der Waals surface area (Å²) >= 11 is 0. The molecule has 2 aromatic heterocycles. The van der Waals surface area contributed by atoms with Gasteiger partial charge in [-0.1, -0.05) is 0 Å². The summed E-state index contributed by atoms with van der Waals surface area (Å²) in [5.74, 6) is -1.44. The Bertz CT molecular complexity index is 475. The minimum Gasteiger partial charge on any atom is -0.475 e. The Hall–Kier alpha value is -2.04. The SMILES string of the molecule is Nc1c(C(=O)O)oc2ncccc12. The van der Waals surface area contributed by atoms with Crippen molar-refractivity contribution >= 4 is 22.8 Å². The molecule has 0 aromatic carbocycles. The quantitative estimate of drug-likeness (QED) is 0.682. The van der Waals surface area contributed by atoms with Crippen molar-refractivity contribution < 1.29 is 14.3 Å². The molecule has 0 bridgehead atoms. The van der Waals surface area contributed by atoms with E-state index in [-0.39, 0.29) is 17.2 Å². The van der Waals surface area contributed by atoms with Crippen LogP contribution in [0.3, 0.4) is 0 Å². The van der Waals surface area contributed by atoms with Gasteiger partial charge in [-0.3, -0.25) is 0 Å². The molecule has 0 spiro atoms. The monoisotopic (exact) mass is 178 g/mol. The lowest BCUT2D eigenvalue weighted by atomic mass is 10.3. The molecule has 5 nitrogen and oxygen atoms in total. The number of carboxylic acids is 1. The van der Waals surface area contributed by atoms with Gasteiger partial charge in [0.05, 0.1) is 11.1 Å². The van der Waals surface area contributed by atoms with Gasteiger partial charge in [0.25, 0.3) is 0 Å². The molecule has 0 fully saturated rings. The Labute approximate surface area is 72.8 Å². The topological polar surface area (TPSA) is 89.4 Å². The predicted molar refractivity (Wildman–Crippen MR) is 45.4 cm³/mol. The summed E-state index contributed by atoms with van der Waals surface area (Å²) in [6.07, 6.45) is 1.51. The van der Waals surface area contributed by atoms with E-state index in [9.17, 15) is 4.79 Å². The molecule has 0 atom stereocenters. The third-order valence-corrected chi connectivity index (χ3v) is 1.70. The second-order valence-corrected chi connectivity index (χ2v) is 2.51. The highest BCUT2D eigenvalue weighted by molar-refractivity contribution is 6.01. The third-order valence-electron chi connectivity index (χ3n) is 1.70. The molecule has 0 aliphatic rings. The van der Waals surface area contributed by atoms with E-state index in [4.69, 9.17) is 15.3 Å². The number of nitrogens with zero attached hydrogens (tertiary/aromatic N) is 1. The summed E-state index contributed by atoms with van der Waals surface area (Å²) in [4.78, 5) is 14.4. The smallest absolute Gasteiger partial charge is 0.374 e. The Kier molecular flexibility index (Phi) is 1.45. The van der Waals surface area contributed by atoms with E-state index in [0.29, 0.717) is 5.39 Å². The molecule has 0 radical (unpaired) electrons. The molecule has 66 valence electrons. The van der Waals surface area contributed by atoms with Crippen LogP contribution in [0.1, 0.15) is 10.6 Å². The minimum absolute atomic E-state index is 0.121. The number of aromatic carboxylic acids is 1. The van der Waals surface area contributed by atoms with Gasteiger partial charge in [0.1, 0.15) is 0 Å². The second-order valence-electron chi connectivity index (χ2n) is 2.51. The molecule has 0 amide bonds. The first-order valence-electron chi connectivity index (χ1n) is 3.56. The van der Waals surface area contributed by atoms with Crippen molar-refractivity contribution in [1.82, 2.24) is 4.98 Å². The maximum absolute atomic E-state index is 10.6. The lowest BCUT2D eigenvalue weighted by Gasteiger charge is -1.87. The lowest BCUT2D eigenvalue weighted by Crippen LogP contribution is -1.98. The first-order chi connectivity index (χ1) is 6.20. The fourth-order valence-electron chi connectivity index (χ4n) is 1.11. The Morgan fingerprint density at radius 2 is 2.38 bits per heavy atom. The van der Waals surface area contributed by atoms with Crippen LogP contribution in [0, 0.1) is 0 Å². The molecule has 2 rings (SSSR count). The van der Waals surface area contributed by atoms with Gasteiger partial charge < -0.3 is 15.3 Å². The number of carbonyl (C=O) groups is 1. The maximum atomic E-state index is 10.6. The standard InChI is InChI=1S/C8H6N2O3/c9-5-4-2-1-3-10-7(4)13-6(5)8(11)12/h1-3H,9H2,(H,11,12). The van der Waals surface area contributed by atoms with Crippen molar-refractivity contribution in [1.29, 1.82) is 0 Å². The van der Waals surface area contributed by atoms with Gasteiger partial charge in [0, 0.05) is 6.20 Å².